The van der Waals surface area contributed by atoms with Crippen LogP contribution in [0.3, 0.4) is 0 Å². The zero-order chi connectivity index (χ0) is 30.9. The van der Waals surface area contributed by atoms with Gasteiger partial charge in [-0.1, -0.05) is 0 Å². The minimum Gasteiger partial charge on any atom is -0.467 e. The number of aromatic nitrogens is 2. The van der Waals surface area contributed by atoms with Gasteiger partial charge in [-0.3, -0.25) is 9.10 Å². The Kier molecular flexibility index (Phi) is 8.65. The standard InChI is InChI=1S/C26H29F3N6O6S/c1-14-9-17(13-32-23(14)33(2)3)35(42(38)39)19-6-8-34(24(19)36)20(25(37)40-4)11-16-10-15-5-7-31-22(30)18(15)12-21(16)41-26(27,28)29/h5,7,9-10,12-13,19-20,42H,6,8,11H2,1-4H3,(H2,30,31)/t19-,20+/m0/s1. The fourth-order valence-electron chi connectivity index (χ4n) is 5.07. The second-order valence-electron chi connectivity index (χ2n) is 9.82. The second kappa shape index (κ2) is 11.9. The lowest BCUT2D eigenvalue weighted by Crippen LogP contribution is -2.48. The molecule has 1 aliphatic heterocycles. The summed E-state index contributed by atoms with van der Waals surface area (Å²) in [7, 11) is 1.32. The molecule has 3 aromatic rings. The highest BCUT2D eigenvalue weighted by molar-refractivity contribution is 7.74. The molecule has 1 fully saturated rings. The van der Waals surface area contributed by atoms with Crippen molar-refractivity contribution in [2.24, 2.45) is 0 Å². The summed E-state index contributed by atoms with van der Waals surface area (Å²) in [6.07, 6.45) is -2.77. The Morgan fingerprint density at radius 2 is 1.95 bits per heavy atom. The number of amides is 1. The number of halogens is 3. The van der Waals surface area contributed by atoms with Gasteiger partial charge in [0.1, 0.15) is 29.5 Å². The van der Waals surface area contributed by atoms with Crippen LogP contribution in [0.25, 0.3) is 10.8 Å². The molecular weight excluding hydrogens is 581 g/mol. The number of thiol groups is 1. The number of likely N-dealkylation sites (tertiary alicyclic amines) is 1. The summed E-state index contributed by atoms with van der Waals surface area (Å²) in [5.41, 5.74) is 6.61. The van der Waals surface area contributed by atoms with E-state index in [1.807, 2.05) is 0 Å². The number of rotatable bonds is 9. The summed E-state index contributed by atoms with van der Waals surface area (Å²) < 4.78 is 74.8. The summed E-state index contributed by atoms with van der Waals surface area (Å²) in [6.45, 7) is 1.68. The number of nitrogens with zero attached hydrogens (tertiary/aromatic N) is 5. The van der Waals surface area contributed by atoms with Gasteiger partial charge >= 0.3 is 12.3 Å². The van der Waals surface area contributed by atoms with Crippen LogP contribution in [0.2, 0.25) is 0 Å². The van der Waals surface area contributed by atoms with Crippen LogP contribution in [0.1, 0.15) is 17.5 Å². The van der Waals surface area contributed by atoms with Gasteiger partial charge in [-0.15, -0.1) is 13.2 Å². The van der Waals surface area contributed by atoms with Crippen molar-refractivity contribution in [3.05, 3.63) is 47.8 Å². The largest absolute Gasteiger partial charge is 0.573 e. The second-order valence-corrected chi connectivity index (χ2v) is 10.7. The highest BCUT2D eigenvalue weighted by Crippen LogP contribution is 2.35. The molecule has 2 N–H and O–H groups in total. The average molecular weight is 611 g/mol. The number of methoxy groups -OCH3 is 1. The Morgan fingerprint density at radius 1 is 1.24 bits per heavy atom. The maximum atomic E-state index is 13.7. The highest BCUT2D eigenvalue weighted by atomic mass is 32.2. The first-order chi connectivity index (χ1) is 19.7. The molecule has 12 nitrogen and oxygen atoms in total. The molecule has 42 heavy (non-hydrogen) atoms. The average Bonchev–Trinajstić information content (AvgIpc) is 3.26. The number of hydrogen-bond acceptors (Lipinski definition) is 10. The van der Waals surface area contributed by atoms with Crippen LogP contribution in [0.15, 0.2) is 36.7 Å². The van der Waals surface area contributed by atoms with Crippen molar-refractivity contribution in [1.82, 2.24) is 14.9 Å². The molecular formula is C26H29F3N6O6S. The molecule has 1 saturated heterocycles. The van der Waals surface area contributed by atoms with Crippen molar-refractivity contribution in [3.8, 4) is 5.75 Å². The molecule has 0 unspecified atom stereocenters. The number of nitrogen functional groups attached to an aromatic ring is 1. The molecule has 1 aliphatic rings. The van der Waals surface area contributed by atoms with Crippen molar-refractivity contribution in [2.75, 3.05) is 42.7 Å². The molecule has 1 aromatic carbocycles. The smallest absolute Gasteiger partial charge is 0.467 e. The first-order valence-electron chi connectivity index (χ1n) is 12.6. The van der Waals surface area contributed by atoms with Gasteiger partial charge in [0.15, 0.2) is 0 Å². The summed E-state index contributed by atoms with van der Waals surface area (Å²) in [4.78, 5) is 37.6. The fraction of sp³-hybridized carbons (Fsp3) is 0.385. The third-order valence-electron chi connectivity index (χ3n) is 6.87. The summed E-state index contributed by atoms with van der Waals surface area (Å²) >= 11 is 0. The van der Waals surface area contributed by atoms with E-state index in [0.29, 0.717) is 16.8 Å². The minimum absolute atomic E-state index is 0.00987. The lowest BCUT2D eigenvalue weighted by Gasteiger charge is -2.29. The van der Waals surface area contributed by atoms with Gasteiger partial charge in [0, 0.05) is 38.6 Å². The van der Waals surface area contributed by atoms with E-state index in [0.717, 1.165) is 22.4 Å². The van der Waals surface area contributed by atoms with E-state index in [9.17, 15) is 31.2 Å². The first kappa shape index (κ1) is 30.6. The molecule has 0 saturated carbocycles. The number of carbonyl (C=O) groups excluding carboxylic acids is 2. The third kappa shape index (κ3) is 6.27. The van der Waals surface area contributed by atoms with Crippen LogP contribution in [-0.2, 0) is 31.6 Å². The molecule has 3 heterocycles. The molecule has 2 aromatic heterocycles. The zero-order valence-electron chi connectivity index (χ0n) is 23.1. The van der Waals surface area contributed by atoms with Gasteiger partial charge in [0.25, 0.3) is 0 Å². The third-order valence-corrected chi connectivity index (χ3v) is 7.73. The quantitative estimate of drug-likeness (QED) is 0.273. The van der Waals surface area contributed by atoms with Crippen LogP contribution >= 0.6 is 0 Å². The van der Waals surface area contributed by atoms with Crippen LogP contribution in [0, 0.1) is 6.92 Å². The van der Waals surface area contributed by atoms with Gasteiger partial charge in [0.2, 0.25) is 16.8 Å². The van der Waals surface area contributed by atoms with E-state index in [1.165, 1.54) is 24.5 Å². The normalized spacial score (nSPS) is 16.1. The molecule has 0 spiro atoms. The number of benzene rings is 1. The van der Waals surface area contributed by atoms with Crippen molar-refractivity contribution in [1.29, 1.82) is 0 Å². The topological polar surface area (TPSA) is 148 Å². The minimum atomic E-state index is -5.07. The fourth-order valence-corrected chi connectivity index (χ4v) is 5.81. The van der Waals surface area contributed by atoms with Crippen molar-refractivity contribution in [3.63, 3.8) is 0 Å². The van der Waals surface area contributed by atoms with Gasteiger partial charge < -0.3 is 25.0 Å². The number of fused-ring (bicyclic) bond motifs is 1. The number of nitrogens with two attached hydrogens (primary N) is 1. The molecule has 2 atom stereocenters. The van der Waals surface area contributed by atoms with Gasteiger partial charge in [-0.05, 0) is 54.1 Å². The van der Waals surface area contributed by atoms with Crippen LogP contribution in [0.5, 0.6) is 5.75 Å². The van der Waals surface area contributed by atoms with E-state index < -0.39 is 53.4 Å². The van der Waals surface area contributed by atoms with Gasteiger partial charge in [0.05, 0.1) is 19.0 Å². The van der Waals surface area contributed by atoms with E-state index in [1.54, 1.807) is 32.0 Å². The Morgan fingerprint density at radius 3 is 2.55 bits per heavy atom. The lowest BCUT2D eigenvalue weighted by molar-refractivity contribution is -0.274. The Balaban J connectivity index is 1.71. The monoisotopic (exact) mass is 610 g/mol. The number of esters is 1. The SMILES string of the molecule is COC(=O)[C@@H](Cc1cc2ccnc(N)c2cc1OC(F)(F)F)N1CC[C@H](N(c2cnc(N(C)C)c(C)c2)[SH](=O)=O)C1=O. The Labute approximate surface area is 240 Å². The van der Waals surface area contributed by atoms with Gasteiger partial charge in [-0.25, -0.2) is 23.2 Å². The van der Waals surface area contributed by atoms with E-state index >= 15 is 0 Å². The molecule has 4 rings (SSSR count). The van der Waals surface area contributed by atoms with Crippen molar-refractivity contribution < 1.29 is 40.7 Å². The van der Waals surface area contributed by atoms with Crippen LogP contribution < -0.4 is 19.7 Å². The number of ether oxygens (including phenoxy) is 2. The lowest BCUT2D eigenvalue weighted by atomic mass is 10.00. The van der Waals surface area contributed by atoms with Crippen LogP contribution in [-0.4, -0.2) is 81.4 Å². The predicted octanol–water partition coefficient (Wildman–Crippen LogP) is 2.20. The molecule has 0 aliphatic carbocycles. The van der Waals surface area contributed by atoms with Crippen LogP contribution in [0.4, 0.5) is 30.5 Å². The first-order valence-corrected chi connectivity index (χ1v) is 13.7. The Bertz CT molecular complexity index is 1590. The zero-order valence-corrected chi connectivity index (χ0v) is 24.0. The summed E-state index contributed by atoms with van der Waals surface area (Å²) in [5, 5.41) is 0.631. The highest BCUT2D eigenvalue weighted by Gasteiger charge is 2.44. The maximum Gasteiger partial charge on any atom is 0.573 e. The molecule has 1 amide bonds. The molecule has 0 radical (unpaired) electrons. The van der Waals surface area contributed by atoms with Crippen molar-refractivity contribution >= 4 is 50.9 Å². The maximum absolute atomic E-state index is 13.7. The number of hydrogen-bond donors (Lipinski definition) is 2. The van der Waals surface area contributed by atoms with Crippen molar-refractivity contribution in [2.45, 2.75) is 38.2 Å². The summed E-state index contributed by atoms with van der Waals surface area (Å²) in [6, 6.07) is 2.94. The van der Waals surface area contributed by atoms with E-state index in [2.05, 4.69) is 14.7 Å². The number of alkyl halides is 3. The number of aryl methyl sites for hydroxylation is 1. The number of pyridine rings is 2. The number of carbonyl (C=O) groups is 2. The predicted molar refractivity (Wildman–Crippen MR) is 149 cm³/mol. The van der Waals surface area contributed by atoms with E-state index in [-0.39, 0.29) is 35.4 Å². The molecule has 226 valence electrons. The molecule has 0 bridgehead atoms. The summed E-state index contributed by atoms with van der Waals surface area (Å²) in [5.74, 6) is -1.66. The Hall–Kier alpha value is -4.34. The van der Waals surface area contributed by atoms with Gasteiger partial charge in [-0.2, -0.15) is 0 Å². The van der Waals surface area contributed by atoms with E-state index in [4.69, 9.17) is 10.5 Å². The molecule has 16 heteroatoms. The number of anilines is 3.